The minimum absolute atomic E-state index is 0.632. The van der Waals surface area contributed by atoms with Crippen LogP contribution in [0.15, 0.2) is 58.1 Å². The maximum Gasteiger partial charge on any atom is 0.222 e. The van der Waals surface area contributed by atoms with Crippen molar-refractivity contribution in [2.24, 2.45) is 5.10 Å². The molecule has 0 saturated carbocycles. The van der Waals surface area contributed by atoms with Gasteiger partial charge in [-0.2, -0.15) is 5.10 Å². The molecule has 5 heteroatoms. The number of hydrazone groups is 1. The molecule has 0 aliphatic rings. The third-order valence-corrected chi connectivity index (χ3v) is 3.12. The predicted molar refractivity (Wildman–Crippen MR) is 81.5 cm³/mol. The van der Waals surface area contributed by atoms with Crippen molar-refractivity contribution in [1.29, 1.82) is 0 Å². The molecule has 94 valence electrons. The van der Waals surface area contributed by atoms with Gasteiger partial charge >= 0.3 is 0 Å². The summed E-state index contributed by atoms with van der Waals surface area (Å²) in [5.41, 5.74) is 5.81. The minimum Gasteiger partial charge on any atom is -0.323 e. The highest BCUT2D eigenvalue weighted by atomic mass is 79.9. The van der Waals surface area contributed by atoms with Crippen LogP contribution in [0.25, 0.3) is 11.0 Å². The van der Waals surface area contributed by atoms with Crippen LogP contribution in [-0.4, -0.2) is 16.2 Å². The fourth-order valence-corrected chi connectivity index (χ4v) is 2.18. The largest absolute Gasteiger partial charge is 0.323 e. The molecule has 0 aliphatic heterocycles. The molecule has 1 heterocycles. The van der Waals surface area contributed by atoms with E-state index in [0.717, 1.165) is 21.1 Å². The molecule has 1 aromatic heterocycles. The lowest BCUT2D eigenvalue weighted by Crippen LogP contribution is -1.92. The Morgan fingerprint density at radius 1 is 1.16 bits per heavy atom. The number of anilines is 1. The maximum atomic E-state index is 4.37. The van der Waals surface area contributed by atoms with E-state index < -0.39 is 0 Å². The molecule has 3 rings (SSSR count). The van der Waals surface area contributed by atoms with Gasteiger partial charge in [-0.05, 0) is 29.8 Å². The molecule has 2 aromatic carbocycles. The highest BCUT2D eigenvalue weighted by Gasteiger charge is 1.99. The van der Waals surface area contributed by atoms with E-state index in [9.17, 15) is 0 Å². The molecule has 0 radical (unpaired) electrons. The number of nitrogens with zero attached hydrogens (tertiary/aromatic N) is 2. The number of fused-ring (bicyclic) bond motifs is 1. The van der Waals surface area contributed by atoms with Crippen molar-refractivity contribution in [3.8, 4) is 0 Å². The Balaban J connectivity index is 1.75. The molecule has 0 bridgehead atoms. The number of hydrogen-bond acceptors (Lipinski definition) is 3. The first-order chi connectivity index (χ1) is 9.31. The molecule has 0 fully saturated rings. The molecule has 0 atom stereocenters. The highest BCUT2D eigenvalue weighted by Crippen LogP contribution is 2.13. The highest BCUT2D eigenvalue weighted by molar-refractivity contribution is 9.10. The average Bonchev–Trinajstić information content (AvgIpc) is 2.81. The summed E-state index contributed by atoms with van der Waals surface area (Å²) in [6.07, 6.45) is 1.75. The first-order valence-corrected chi connectivity index (χ1v) is 6.60. The van der Waals surface area contributed by atoms with Gasteiger partial charge in [-0.3, -0.25) is 0 Å². The second-order valence-electron chi connectivity index (χ2n) is 4.03. The number of rotatable bonds is 3. The summed E-state index contributed by atoms with van der Waals surface area (Å²) in [6.45, 7) is 0. The van der Waals surface area contributed by atoms with Gasteiger partial charge in [-0.1, -0.05) is 40.2 Å². The van der Waals surface area contributed by atoms with Gasteiger partial charge in [0.25, 0.3) is 0 Å². The van der Waals surface area contributed by atoms with E-state index in [2.05, 4.69) is 36.4 Å². The summed E-state index contributed by atoms with van der Waals surface area (Å²) < 4.78 is 1.03. The van der Waals surface area contributed by atoms with E-state index in [1.807, 2.05) is 48.5 Å². The van der Waals surface area contributed by atoms with Crippen molar-refractivity contribution in [2.75, 3.05) is 5.43 Å². The van der Waals surface area contributed by atoms with Crippen LogP contribution in [0.2, 0.25) is 0 Å². The quantitative estimate of drug-likeness (QED) is 0.571. The SMILES string of the molecule is Brc1cccc(/C=N/Nc2nc3ccccc3[nH]2)c1. The van der Waals surface area contributed by atoms with Gasteiger partial charge in [0.05, 0.1) is 17.2 Å². The first kappa shape index (κ1) is 11.9. The van der Waals surface area contributed by atoms with Gasteiger partial charge in [0.2, 0.25) is 5.95 Å². The van der Waals surface area contributed by atoms with Crippen LogP contribution in [0.5, 0.6) is 0 Å². The Morgan fingerprint density at radius 3 is 2.89 bits per heavy atom. The number of aromatic amines is 1. The molecule has 19 heavy (non-hydrogen) atoms. The standard InChI is InChI=1S/C14H11BrN4/c15-11-5-3-4-10(8-11)9-16-19-14-17-12-6-1-2-7-13(12)18-14/h1-9H,(H2,17,18,19)/b16-9+. The molecular formula is C14H11BrN4. The zero-order valence-corrected chi connectivity index (χ0v) is 11.6. The van der Waals surface area contributed by atoms with Crippen molar-refractivity contribution in [2.45, 2.75) is 0 Å². The molecule has 3 aromatic rings. The Morgan fingerprint density at radius 2 is 2.05 bits per heavy atom. The van der Waals surface area contributed by atoms with E-state index in [4.69, 9.17) is 0 Å². The topological polar surface area (TPSA) is 53.1 Å². The summed E-state index contributed by atoms with van der Waals surface area (Å²) in [5.74, 6) is 0.632. The minimum atomic E-state index is 0.632. The number of aromatic nitrogens is 2. The average molecular weight is 315 g/mol. The maximum absolute atomic E-state index is 4.37. The molecule has 0 saturated heterocycles. The van der Waals surface area contributed by atoms with Crippen LogP contribution >= 0.6 is 15.9 Å². The van der Waals surface area contributed by atoms with E-state index >= 15 is 0 Å². The second kappa shape index (κ2) is 5.24. The fourth-order valence-electron chi connectivity index (χ4n) is 1.76. The van der Waals surface area contributed by atoms with Crippen molar-refractivity contribution in [1.82, 2.24) is 9.97 Å². The third kappa shape index (κ3) is 2.82. The van der Waals surface area contributed by atoms with E-state index in [1.54, 1.807) is 6.21 Å². The van der Waals surface area contributed by atoms with Gasteiger partial charge in [0.1, 0.15) is 0 Å². The summed E-state index contributed by atoms with van der Waals surface area (Å²) in [5, 5.41) is 4.16. The monoisotopic (exact) mass is 314 g/mol. The smallest absolute Gasteiger partial charge is 0.222 e. The molecule has 4 nitrogen and oxygen atoms in total. The van der Waals surface area contributed by atoms with Gasteiger partial charge in [-0.15, -0.1) is 0 Å². The lowest BCUT2D eigenvalue weighted by atomic mass is 10.2. The van der Waals surface area contributed by atoms with Crippen LogP contribution < -0.4 is 5.43 Å². The van der Waals surface area contributed by atoms with Crippen LogP contribution in [0, 0.1) is 0 Å². The van der Waals surface area contributed by atoms with E-state index in [1.165, 1.54) is 0 Å². The van der Waals surface area contributed by atoms with Crippen LogP contribution in [0.4, 0.5) is 5.95 Å². The number of imidazole rings is 1. The summed E-state index contributed by atoms with van der Waals surface area (Å²) in [6, 6.07) is 15.8. The van der Waals surface area contributed by atoms with Crippen LogP contribution in [0.3, 0.4) is 0 Å². The second-order valence-corrected chi connectivity index (χ2v) is 4.94. The Labute approximate surface area is 118 Å². The summed E-state index contributed by atoms with van der Waals surface area (Å²) in [7, 11) is 0. The van der Waals surface area contributed by atoms with Crippen LogP contribution in [0.1, 0.15) is 5.56 Å². The Kier molecular flexibility index (Phi) is 3.29. The van der Waals surface area contributed by atoms with Crippen LogP contribution in [-0.2, 0) is 0 Å². The van der Waals surface area contributed by atoms with Crippen molar-refractivity contribution < 1.29 is 0 Å². The van der Waals surface area contributed by atoms with Gasteiger partial charge in [0.15, 0.2) is 0 Å². The third-order valence-electron chi connectivity index (χ3n) is 2.62. The summed E-state index contributed by atoms with van der Waals surface area (Å²) in [4.78, 5) is 7.52. The number of nitrogens with one attached hydrogen (secondary N) is 2. The molecule has 0 aliphatic carbocycles. The molecule has 2 N–H and O–H groups in total. The van der Waals surface area contributed by atoms with Crippen molar-refractivity contribution in [3.63, 3.8) is 0 Å². The predicted octanol–water partition coefficient (Wildman–Crippen LogP) is 3.77. The number of H-pyrrole nitrogens is 1. The number of halogens is 1. The summed E-state index contributed by atoms with van der Waals surface area (Å²) >= 11 is 3.42. The lowest BCUT2D eigenvalue weighted by molar-refractivity contribution is 1.21. The normalized spacial score (nSPS) is 11.2. The fraction of sp³-hybridized carbons (Fsp3) is 0. The zero-order valence-electron chi connectivity index (χ0n) is 9.97. The molecular weight excluding hydrogens is 304 g/mol. The Bertz CT molecular complexity index is 700. The van der Waals surface area contributed by atoms with E-state index in [0.29, 0.717) is 5.95 Å². The van der Waals surface area contributed by atoms with E-state index in [-0.39, 0.29) is 0 Å². The van der Waals surface area contributed by atoms with Gasteiger partial charge < -0.3 is 4.98 Å². The van der Waals surface area contributed by atoms with Crippen molar-refractivity contribution >= 4 is 39.1 Å². The molecule has 0 spiro atoms. The molecule has 0 amide bonds. The number of benzene rings is 2. The zero-order chi connectivity index (χ0) is 13.1. The van der Waals surface area contributed by atoms with Gasteiger partial charge in [0, 0.05) is 4.47 Å². The lowest BCUT2D eigenvalue weighted by Gasteiger charge is -1.95. The first-order valence-electron chi connectivity index (χ1n) is 5.81. The van der Waals surface area contributed by atoms with Crippen molar-refractivity contribution in [3.05, 3.63) is 58.6 Å². The van der Waals surface area contributed by atoms with Gasteiger partial charge in [-0.25, -0.2) is 10.4 Å². The Hall–Kier alpha value is -2.14. The number of para-hydroxylation sites is 2. The molecule has 0 unspecified atom stereocenters. The number of hydrogen-bond donors (Lipinski definition) is 2.